The third-order valence-electron chi connectivity index (χ3n) is 14.0. The molecule has 0 aliphatic carbocycles. The third kappa shape index (κ3) is 4.94. The Bertz CT molecular complexity index is 3760. The summed E-state index contributed by atoms with van der Waals surface area (Å²) >= 11 is 3.81. The van der Waals surface area contributed by atoms with E-state index < -0.39 is 0 Å². The van der Waals surface area contributed by atoms with Crippen molar-refractivity contribution in [2.75, 3.05) is 4.81 Å². The van der Waals surface area contributed by atoms with E-state index in [-0.39, 0.29) is 23.1 Å². The average Bonchev–Trinajstić information content (AvgIpc) is 3.98. The maximum atomic E-state index is 7.36. The highest BCUT2D eigenvalue weighted by Gasteiger charge is 2.47. The molecule has 0 N–H and O–H groups in total. The van der Waals surface area contributed by atoms with Crippen LogP contribution in [-0.4, -0.2) is 11.4 Å². The summed E-state index contributed by atoms with van der Waals surface area (Å²) in [5, 5.41) is 9.04. The zero-order valence-electron chi connectivity index (χ0n) is 36.7. The lowest BCUT2D eigenvalue weighted by molar-refractivity contribution is 0.590. The first-order valence-electron chi connectivity index (χ1n) is 22.0. The fraction of sp³-hybridized carbons (Fsp3) is 0.214. The van der Waals surface area contributed by atoms with Crippen LogP contribution < -0.4 is 15.9 Å². The van der Waals surface area contributed by atoms with E-state index >= 15 is 0 Å². The van der Waals surface area contributed by atoms with Gasteiger partial charge in [-0.1, -0.05) is 123 Å². The Morgan fingerprint density at radius 2 is 1.11 bits per heavy atom. The molecule has 62 heavy (non-hydrogen) atoms. The van der Waals surface area contributed by atoms with E-state index in [0.717, 1.165) is 11.2 Å². The molecule has 6 heteroatoms. The molecule has 2 aliphatic rings. The van der Waals surface area contributed by atoms with Gasteiger partial charge >= 0.3 is 6.85 Å². The number of thiophene rings is 2. The summed E-state index contributed by atoms with van der Waals surface area (Å²) in [6, 6.07) is 47.0. The van der Waals surface area contributed by atoms with Crippen LogP contribution in [0.5, 0.6) is 0 Å². The largest absolute Gasteiger partial charge is 0.466 e. The molecule has 3 nitrogen and oxygen atoms in total. The van der Waals surface area contributed by atoms with Crippen LogP contribution in [0.4, 0.5) is 11.4 Å². The minimum Gasteiger partial charge on any atom is -0.466 e. The summed E-state index contributed by atoms with van der Waals surface area (Å²) in [6.07, 6.45) is 0. The quantitative estimate of drug-likeness (QED) is 0.154. The SMILES string of the molecule is CC(C)(C)c1ccc(N2B3c4oc5ccc(C(C)(C)C)cc5c4-n4c5cc6sc7ccccc7c6cc5c5ccc(c3c54)-c3cc4c(cc32)sc2cc(C(C)(C)C)ccc24)cc1. The van der Waals surface area contributed by atoms with Crippen LogP contribution in [0.15, 0.2) is 126 Å². The van der Waals surface area contributed by atoms with E-state index in [1.165, 1.54) is 118 Å². The molecule has 11 aromatic rings. The van der Waals surface area contributed by atoms with E-state index in [1.54, 1.807) is 0 Å². The van der Waals surface area contributed by atoms with Crippen LogP contribution in [0.25, 0.3) is 89.9 Å². The molecular weight excluding hydrogens is 792 g/mol. The summed E-state index contributed by atoms with van der Waals surface area (Å²) in [5.41, 5.74) is 15.9. The maximum Gasteiger partial charge on any atom is 0.375 e. The van der Waals surface area contributed by atoms with Gasteiger partial charge in [0.2, 0.25) is 0 Å². The van der Waals surface area contributed by atoms with E-state index in [1.807, 2.05) is 22.7 Å². The van der Waals surface area contributed by atoms with Crippen molar-refractivity contribution in [3.05, 3.63) is 138 Å². The van der Waals surface area contributed by atoms with Gasteiger partial charge in [-0.3, -0.25) is 0 Å². The fourth-order valence-electron chi connectivity index (χ4n) is 10.7. The number of nitrogens with zero attached hydrogens (tertiary/aromatic N) is 2. The molecule has 7 aromatic carbocycles. The minimum atomic E-state index is -0.194. The second-order valence-corrected chi connectivity index (χ2v) is 23.2. The summed E-state index contributed by atoms with van der Waals surface area (Å²) < 4.78 is 15.2. The topological polar surface area (TPSA) is 21.3 Å². The van der Waals surface area contributed by atoms with E-state index in [0.29, 0.717) is 0 Å². The van der Waals surface area contributed by atoms with Gasteiger partial charge in [0.15, 0.2) is 0 Å². The molecule has 2 aliphatic heterocycles. The van der Waals surface area contributed by atoms with Crippen molar-refractivity contribution in [1.82, 2.24) is 4.57 Å². The third-order valence-corrected chi connectivity index (χ3v) is 16.3. The predicted octanol–water partition coefficient (Wildman–Crippen LogP) is 15.4. The lowest BCUT2D eigenvalue weighted by Gasteiger charge is -2.40. The van der Waals surface area contributed by atoms with Crippen LogP contribution in [0, 0.1) is 0 Å². The van der Waals surface area contributed by atoms with Gasteiger partial charge in [-0.2, -0.15) is 0 Å². The zero-order chi connectivity index (χ0) is 42.4. The number of fused-ring (bicyclic) bond motifs is 16. The van der Waals surface area contributed by atoms with Gasteiger partial charge in [0.05, 0.1) is 16.7 Å². The molecular formula is C56H47BN2OS2. The Balaban J connectivity index is 1.19. The minimum absolute atomic E-state index is 0.0245. The van der Waals surface area contributed by atoms with Crippen molar-refractivity contribution in [1.29, 1.82) is 0 Å². The number of furan rings is 1. The first kappa shape index (κ1) is 36.8. The lowest BCUT2D eigenvalue weighted by atomic mass is 9.46. The van der Waals surface area contributed by atoms with Gasteiger partial charge in [-0.25, -0.2) is 0 Å². The molecule has 0 spiro atoms. The molecule has 0 saturated heterocycles. The number of aromatic nitrogens is 1. The van der Waals surface area contributed by atoms with Crippen LogP contribution in [0.2, 0.25) is 0 Å². The Morgan fingerprint density at radius 1 is 0.484 bits per heavy atom. The van der Waals surface area contributed by atoms with Gasteiger partial charge in [0, 0.05) is 73.4 Å². The number of benzene rings is 7. The Labute approximate surface area is 370 Å². The normalized spacial score (nSPS) is 14.1. The lowest BCUT2D eigenvalue weighted by Crippen LogP contribution is -2.60. The second kappa shape index (κ2) is 12.0. The molecule has 4 aromatic heterocycles. The summed E-state index contributed by atoms with van der Waals surface area (Å²) in [4.78, 5) is 2.62. The molecule has 302 valence electrons. The van der Waals surface area contributed by atoms with E-state index in [9.17, 15) is 0 Å². The fourth-order valence-corrected chi connectivity index (χ4v) is 13.0. The number of hydrogen-bond acceptors (Lipinski definition) is 4. The standard InChI is InChI=1S/C56H47BN2OS2/c1-54(2,3)30-14-18-33(19-15-30)59-44-29-49-41(35-20-16-32(56(7,8)9)25-47(35)62-49)26-38(44)36-21-22-37-39-27-40-34-12-10-11-13-46(34)61-48(40)28-43(39)58-51(37)50(36)57(59)53-52(58)42-24-31(55(4,5)6)17-23-45(42)60-53/h10-29H,1-9H3. The van der Waals surface area contributed by atoms with Crippen molar-refractivity contribution >= 4 is 125 Å². The highest BCUT2D eigenvalue weighted by Crippen LogP contribution is 2.51. The Hall–Kier alpha value is -5.82. The summed E-state index contributed by atoms with van der Waals surface area (Å²) in [6.45, 7) is 20.6. The summed E-state index contributed by atoms with van der Waals surface area (Å²) in [5.74, 6) is 0. The van der Waals surface area contributed by atoms with Gasteiger partial charge in [-0.05, 0) is 105 Å². The van der Waals surface area contributed by atoms with Gasteiger partial charge in [0.1, 0.15) is 11.2 Å². The van der Waals surface area contributed by atoms with Gasteiger partial charge in [0.25, 0.3) is 0 Å². The molecule has 0 radical (unpaired) electrons. The van der Waals surface area contributed by atoms with Crippen LogP contribution >= 0.6 is 22.7 Å². The first-order valence-corrected chi connectivity index (χ1v) is 23.7. The van der Waals surface area contributed by atoms with Crippen LogP contribution in [0.1, 0.15) is 79.0 Å². The number of anilines is 2. The Morgan fingerprint density at radius 3 is 1.89 bits per heavy atom. The van der Waals surface area contributed by atoms with Crippen LogP contribution in [-0.2, 0) is 16.2 Å². The van der Waals surface area contributed by atoms with Gasteiger partial charge < -0.3 is 13.8 Å². The number of rotatable bonds is 1. The molecule has 0 amide bonds. The smallest absolute Gasteiger partial charge is 0.375 e. The van der Waals surface area contributed by atoms with Crippen molar-refractivity contribution in [3.8, 4) is 16.8 Å². The molecule has 0 bridgehead atoms. The molecule has 13 rings (SSSR count). The van der Waals surface area contributed by atoms with E-state index in [4.69, 9.17) is 4.42 Å². The zero-order valence-corrected chi connectivity index (χ0v) is 38.4. The van der Waals surface area contributed by atoms with Crippen molar-refractivity contribution in [3.63, 3.8) is 0 Å². The molecule has 0 fully saturated rings. The van der Waals surface area contributed by atoms with E-state index in [2.05, 4.69) is 193 Å². The molecule has 0 saturated carbocycles. The van der Waals surface area contributed by atoms with Crippen LogP contribution in [0.3, 0.4) is 0 Å². The second-order valence-electron chi connectivity index (χ2n) is 21.0. The maximum absolute atomic E-state index is 7.36. The highest BCUT2D eigenvalue weighted by molar-refractivity contribution is 7.26. The Kier molecular flexibility index (Phi) is 7.12. The van der Waals surface area contributed by atoms with Gasteiger partial charge in [-0.15, -0.1) is 22.7 Å². The van der Waals surface area contributed by atoms with Crippen molar-refractivity contribution in [2.45, 2.75) is 78.6 Å². The molecule has 0 unspecified atom stereocenters. The average molecular weight is 839 g/mol. The highest BCUT2D eigenvalue weighted by atomic mass is 32.1. The molecule has 6 heterocycles. The summed E-state index contributed by atoms with van der Waals surface area (Å²) in [7, 11) is 0. The van der Waals surface area contributed by atoms with Crippen molar-refractivity contribution < 1.29 is 4.42 Å². The van der Waals surface area contributed by atoms with Crippen molar-refractivity contribution in [2.24, 2.45) is 0 Å². The first-order chi connectivity index (χ1) is 29.6. The predicted molar refractivity (Wildman–Crippen MR) is 271 cm³/mol. The monoisotopic (exact) mass is 838 g/mol. The number of hydrogen-bond donors (Lipinski definition) is 0. The molecule has 0 atom stereocenters.